The molecule has 21 nitrogen and oxygen atoms in total. The largest absolute Gasteiger partial charge is 0.507 e. The first-order chi connectivity index (χ1) is 40.9. The third-order valence-corrected chi connectivity index (χ3v) is 18.0. The third kappa shape index (κ3) is 18.7. The zero-order chi connectivity index (χ0) is 60.1. The van der Waals surface area contributed by atoms with Crippen LogP contribution in [-0.4, -0.2) is 191 Å². The molecule has 11 rings (SSSR count). The molecule has 0 saturated carbocycles. The van der Waals surface area contributed by atoms with Gasteiger partial charge >= 0.3 is 12.2 Å². The number of thioether (sulfide) groups is 3. The fraction of sp³-hybridized carbons (Fsp3) is 0.448. The van der Waals surface area contributed by atoms with E-state index in [1.54, 1.807) is 9.80 Å². The maximum absolute atomic E-state index is 14.0. The van der Waals surface area contributed by atoms with Crippen molar-refractivity contribution in [1.29, 1.82) is 0 Å². The number of piperidine rings is 2. The number of phenols is 1. The highest BCUT2D eigenvalue weighted by Crippen LogP contribution is 2.36. The molecular weight excluding hydrogens is 1230 g/mol. The molecule has 0 bridgehead atoms. The molecule has 0 aromatic heterocycles. The average molecular weight is 1300 g/mol. The van der Waals surface area contributed by atoms with Crippen LogP contribution in [0.3, 0.4) is 0 Å². The SMILES string of the molecule is CN(C)C1CCN(C(=O)Oc2ccc(F)cc2/C=C2/SC(N3CCCCN3)=NC2=O)CC1.CN(C)C1CCN(C(=O)Oc2ccc(F)cc2/C=C2/SC(N3CCCCN3)=NC2=O)CC1.Cl.Cl.O=C1N=C(N2CCCCN2)S/C1=C\c1cc(F)ccc1O. The predicted octanol–water partition coefficient (Wildman–Crippen LogP) is 8.79. The van der Waals surface area contributed by atoms with Gasteiger partial charge in [-0.2, -0.15) is 15.0 Å². The smallest absolute Gasteiger partial charge is 0.415 e. The number of halogens is 5. The molecule has 0 radical (unpaired) electrons. The molecule has 8 aliphatic rings. The number of hydrogen-bond donors (Lipinski definition) is 4. The van der Waals surface area contributed by atoms with Crippen molar-refractivity contribution in [3.63, 3.8) is 0 Å². The van der Waals surface area contributed by atoms with E-state index in [4.69, 9.17) is 9.47 Å². The van der Waals surface area contributed by atoms with Gasteiger partial charge in [0.15, 0.2) is 15.5 Å². The summed E-state index contributed by atoms with van der Waals surface area (Å²) >= 11 is 3.69. The second-order valence-corrected chi connectivity index (χ2v) is 24.4. The van der Waals surface area contributed by atoms with Crippen molar-refractivity contribution in [3.8, 4) is 17.2 Å². The molecule has 0 unspecified atom stereocenters. The van der Waals surface area contributed by atoms with Gasteiger partial charge in [0.1, 0.15) is 34.7 Å². The minimum atomic E-state index is -0.474. The van der Waals surface area contributed by atoms with E-state index in [0.717, 1.165) is 103 Å². The van der Waals surface area contributed by atoms with Crippen LogP contribution in [0.1, 0.15) is 80.9 Å². The Morgan fingerprint density at radius 1 is 0.517 bits per heavy atom. The van der Waals surface area contributed by atoms with Crippen LogP contribution >= 0.6 is 60.1 Å². The quantitative estimate of drug-likeness (QED) is 0.162. The molecule has 87 heavy (non-hydrogen) atoms. The minimum absolute atomic E-state index is 0. The molecule has 0 spiro atoms. The Bertz CT molecular complexity index is 3030. The number of benzene rings is 3. The normalized spacial score (nSPS) is 20.8. The van der Waals surface area contributed by atoms with Gasteiger partial charge in [0, 0.05) is 94.2 Å². The number of carbonyl (C=O) groups is 5. The Morgan fingerprint density at radius 3 is 1.16 bits per heavy atom. The minimum Gasteiger partial charge on any atom is -0.507 e. The lowest BCUT2D eigenvalue weighted by Crippen LogP contribution is -2.45. The number of hydrogen-bond acceptors (Lipinski definition) is 19. The van der Waals surface area contributed by atoms with Gasteiger partial charge in [0.25, 0.3) is 17.7 Å². The number of rotatable bonds is 7. The molecule has 5 saturated heterocycles. The number of nitrogens with zero attached hydrogens (tertiary/aromatic N) is 10. The van der Waals surface area contributed by atoms with E-state index < -0.39 is 29.6 Å². The van der Waals surface area contributed by atoms with Crippen molar-refractivity contribution in [2.45, 2.75) is 76.3 Å². The second-order valence-electron chi connectivity index (χ2n) is 21.4. The Balaban J connectivity index is 0.000000188. The molecule has 8 heterocycles. The van der Waals surface area contributed by atoms with Gasteiger partial charge in [-0.1, -0.05) is 0 Å². The highest BCUT2D eigenvalue weighted by atomic mass is 35.5. The van der Waals surface area contributed by atoms with Gasteiger partial charge in [-0.05, 0) is 201 Å². The zero-order valence-corrected chi connectivity index (χ0v) is 52.8. The van der Waals surface area contributed by atoms with Crippen molar-refractivity contribution < 1.29 is 51.7 Å². The van der Waals surface area contributed by atoms with Crippen molar-refractivity contribution >= 4 is 124 Å². The molecule has 470 valence electrons. The molecule has 29 heteroatoms. The number of likely N-dealkylation sites (tertiary alicyclic amines) is 2. The Kier molecular flexibility index (Phi) is 25.4. The van der Waals surface area contributed by atoms with Gasteiger partial charge in [-0.3, -0.25) is 29.4 Å². The first kappa shape index (κ1) is 68.4. The van der Waals surface area contributed by atoms with Crippen LogP contribution in [0.5, 0.6) is 17.2 Å². The number of aromatic hydroxyl groups is 1. The lowest BCUT2D eigenvalue weighted by atomic mass is 10.0. The monoisotopic (exact) mass is 1300 g/mol. The predicted molar refractivity (Wildman–Crippen MR) is 340 cm³/mol. The maximum Gasteiger partial charge on any atom is 0.415 e. The molecule has 4 N–H and O–H groups in total. The highest BCUT2D eigenvalue weighted by molar-refractivity contribution is 8.19. The van der Waals surface area contributed by atoms with E-state index in [1.165, 1.54) is 108 Å². The van der Waals surface area contributed by atoms with Gasteiger partial charge in [-0.15, -0.1) is 24.8 Å². The number of amides is 5. The summed E-state index contributed by atoms with van der Waals surface area (Å²) in [7, 11) is 8.15. The van der Waals surface area contributed by atoms with Gasteiger partial charge in [-0.25, -0.2) is 39.0 Å². The lowest BCUT2D eigenvalue weighted by molar-refractivity contribution is -0.114. The molecular formula is C58H72Cl2F3N13O8S3. The van der Waals surface area contributed by atoms with Crippen LogP contribution in [0.2, 0.25) is 0 Å². The van der Waals surface area contributed by atoms with Crippen LogP contribution in [0.15, 0.2) is 84.3 Å². The Morgan fingerprint density at radius 2 is 0.839 bits per heavy atom. The molecule has 0 aliphatic carbocycles. The summed E-state index contributed by atoms with van der Waals surface area (Å²) in [5, 5.41) is 17.1. The topological polar surface area (TPSA) is 220 Å². The molecule has 8 aliphatic heterocycles. The number of ether oxygens (including phenoxy) is 2. The van der Waals surface area contributed by atoms with Crippen molar-refractivity contribution in [1.82, 2.24) is 50.9 Å². The van der Waals surface area contributed by atoms with Crippen LogP contribution in [0.4, 0.5) is 22.8 Å². The number of carbonyl (C=O) groups excluding carboxylic acids is 5. The number of aliphatic imine (C=N–C) groups is 3. The number of phenolic OH excluding ortho intramolecular Hbond substituents is 1. The van der Waals surface area contributed by atoms with Crippen LogP contribution in [-0.2, 0) is 14.4 Å². The Hall–Kier alpha value is -6.14. The highest BCUT2D eigenvalue weighted by Gasteiger charge is 2.32. The van der Waals surface area contributed by atoms with Gasteiger partial charge < -0.3 is 34.2 Å². The van der Waals surface area contributed by atoms with E-state index in [9.17, 15) is 42.3 Å². The average Bonchev–Trinajstić information content (AvgIpc) is 2.93. The first-order valence-electron chi connectivity index (χ1n) is 28.4. The summed E-state index contributed by atoms with van der Waals surface area (Å²) in [6, 6.07) is 12.4. The van der Waals surface area contributed by atoms with E-state index in [1.807, 2.05) is 43.2 Å². The van der Waals surface area contributed by atoms with Gasteiger partial charge in [0.05, 0.1) is 14.7 Å². The standard InChI is InChI=1S/2C22H28FN5O3S.C14H14FN3O2S.2ClH/c2*1-26(2)17-7-11-27(12-8-17)22(30)31-18-6-5-16(23)13-15(18)14-19-20(29)25-21(32-19)28-10-4-3-9-24-28;15-10-3-4-11(19)9(7-10)8-12-13(20)17-14(21-12)18-6-2-1-5-16-18;;/h2*5-6,13-14,17,24H,3-4,7-12H2,1-2H3;3-4,7-8,16,19H,1-2,5-6H2;2*1H/b2*19-14+;12-8-;;. The van der Waals surface area contributed by atoms with E-state index in [-0.39, 0.29) is 65.3 Å². The molecule has 3 aromatic carbocycles. The zero-order valence-electron chi connectivity index (χ0n) is 48.7. The number of nitrogens with one attached hydrogen (secondary N) is 3. The molecule has 3 aromatic rings. The van der Waals surface area contributed by atoms with Crippen LogP contribution < -0.4 is 25.8 Å². The maximum atomic E-state index is 14.0. The van der Waals surface area contributed by atoms with Gasteiger partial charge in [0.2, 0.25) is 0 Å². The fourth-order valence-corrected chi connectivity index (χ4v) is 12.8. The summed E-state index contributed by atoms with van der Waals surface area (Å²) in [4.78, 5) is 83.2. The van der Waals surface area contributed by atoms with E-state index in [2.05, 4.69) is 41.1 Å². The number of hydrazine groups is 3. The summed E-state index contributed by atoms with van der Waals surface area (Å²) < 4.78 is 52.4. The molecule has 0 atom stereocenters. The van der Waals surface area contributed by atoms with E-state index in [0.29, 0.717) is 79.6 Å². The van der Waals surface area contributed by atoms with Crippen molar-refractivity contribution in [2.24, 2.45) is 15.0 Å². The lowest BCUT2D eigenvalue weighted by Gasteiger charge is -2.34. The summed E-state index contributed by atoms with van der Waals surface area (Å²) in [5.74, 6) is -2.18. The molecule has 5 fully saturated rings. The van der Waals surface area contributed by atoms with Crippen LogP contribution in [0, 0.1) is 17.5 Å². The first-order valence-corrected chi connectivity index (χ1v) is 30.8. The van der Waals surface area contributed by atoms with Crippen molar-refractivity contribution in [3.05, 3.63) is 103 Å². The fourth-order valence-electron chi connectivity index (χ4n) is 10.1. The van der Waals surface area contributed by atoms with Crippen molar-refractivity contribution in [2.75, 3.05) is 93.6 Å². The Labute approximate surface area is 529 Å². The van der Waals surface area contributed by atoms with E-state index >= 15 is 0 Å². The summed E-state index contributed by atoms with van der Waals surface area (Å²) in [5.41, 5.74) is 10.6. The summed E-state index contributed by atoms with van der Waals surface area (Å²) in [6.07, 6.45) is 13.5. The summed E-state index contributed by atoms with van der Waals surface area (Å²) in [6.45, 7) is 7.31. The third-order valence-electron chi connectivity index (χ3n) is 14.9. The van der Waals surface area contributed by atoms with Crippen LogP contribution in [0.25, 0.3) is 18.2 Å². The second kappa shape index (κ2) is 32.4. The number of amidine groups is 3. The molecule has 5 amide bonds.